The van der Waals surface area contributed by atoms with Gasteiger partial charge in [0.15, 0.2) is 0 Å². The minimum Gasteiger partial charge on any atom is -0.461 e. The van der Waals surface area contributed by atoms with Gasteiger partial charge in [0.25, 0.3) is 5.69 Å². The maximum atomic E-state index is 11.8. The summed E-state index contributed by atoms with van der Waals surface area (Å²) >= 11 is 0. The maximum Gasteiger partial charge on any atom is 0.354 e. The average molecular weight is 277 g/mol. The van der Waals surface area contributed by atoms with Crippen LogP contribution in [0.15, 0.2) is 18.2 Å². The van der Waals surface area contributed by atoms with Crippen LogP contribution in [0.4, 0.5) is 11.4 Å². The van der Waals surface area contributed by atoms with Crippen LogP contribution in [0.5, 0.6) is 0 Å². The van der Waals surface area contributed by atoms with Gasteiger partial charge in [0.05, 0.1) is 17.0 Å². The van der Waals surface area contributed by atoms with Gasteiger partial charge < -0.3 is 14.6 Å². The van der Waals surface area contributed by atoms with Crippen LogP contribution >= 0.6 is 0 Å². The maximum absolute atomic E-state index is 11.8. The molecule has 1 aromatic carbocycles. The first-order valence-corrected chi connectivity index (χ1v) is 6.12. The van der Waals surface area contributed by atoms with Crippen molar-refractivity contribution in [2.24, 2.45) is 7.05 Å². The summed E-state index contributed by atoms with van der Waals surface area (Å²) in [5.74, 6) is -0.445. The van der Waals surface area contributed by atoms with Gasteiger partial charge in [-0.1, -0.05) is 0 Å². The number of nitrogens with zero attached hydrogens (tertiary/aromatic N) is 2. The number of fused-ring (bicyclic) bond motifs is 1. The fourth-order valence-electron chi connectivity index (χ4n) is 2.13. The highest BCUT2D eigenvalue weighted by molar-refractivity contribution is 5.98. The number of carbonyl (C=O) groups is 1. The summed E-state index contributed by atoms with van der Waals surface area (Å²) in [6.07, 6.45) is 0. The second-order valence-electron chi connectivity index (χ2n) is 4.24. The van der Waals surface area contributed by atoms with E-state index in [1.54, 1.807) is 37.7 Å². The summed E-state index contributed by atoms with van der Waals surface area (Å²) in [7, 11) is 3.34. The molecule has 0 bridgehead atoms. The van der Waals surface area contributed by atoms with E-state index in [1.165, 1.54) is 6.07 Å². The number of hydrogen-bond donors (Lipinski definition) is 1. The Hall–Kier alpha value is -2.57. The zero-order valence-corrected chi connectivity index (χ0v) is 11.5. The lowest BCUT2D eigenvalue weighted by Crippen LogP contribution is -2.09. The second-order valence-corrected chi connectivity index (χ2v) is 4.24. The molecule has 0 aliphatic heterocycles. The third kappa shape index (κ3) is 2.18. The van der Waals surface area contributed by atoms with E-state index in [0.29, 0.717) is 16.8 Å². The number of nitro groups is 1. The number of aromatic nitrogens is 1. The highest BCUT2D eigenvalue weighted by Crippen LogP contribution is 2.31. The van der Waals surface area contributed by atoms with Crippen molar-refractivity contribution < 1.29 is 14.5 Å². The first-order chi connectivity index (χ1) is 9.49. The Morgan fingerprint density at radius 1 is 1.45 bits per heavy atom. The highest BCUT2D eigenvalue weighted by atomic mass is 16.6. The number of nitro benzene ring substituents is 1. The molecule has 1 heterocycles. The highest BCUT2D eigenvalue weighted by Gasteiger charge is 2.19. The summed E-state index contributed by atoms with van der Waals surface area (Å²) in [5, 5.41) is 14.4. The number of hydrogen-bond acceptors (Lipinski definition) is 5. The molecule has 0 saturated carbocycles. The lowest BCUT2D eigenvalue weighted by Gasteiger charge is -2.05. The van der Waals surface area contributed by atoms with E-state index < -0.39 is 10.9 Å². The van der Waals surface area contributed by atoms with E-state index >= 15 is 0 Å². The molecule has 20 heavy (non-hydrogen) atoms. The van der Waals surface area contributed by atoms with Crippen molar-refractivity contribution in [3.8, 4) is 0 Å². The molecule has 0 aliphatic rings. The van der Waals surface area contributed by atoms with Crippen LogP contribution in [-0.4, -0.2) is 29.1 Å². The Bertz CT molecular complexity index is 690. The number of nitrogens with one attached hydrogen (secondary N) is 1. The Labute approximate surface area is 115 Å². The summed E-state index contributed by atoms with van der Waals surface area (Å²) in [5.41, 5.74) is 1.47. The Morgan fingerprint density at radius 3 is 2.70 bits per heavy atom. The van der Waals surface area contributed by atoms with Gasteiger partial charge >= 0.3 is 5.97 Å². The van der Waals surface area contributed by atoms with Gasteiger partial charge in [-0.2, -0.15) is 0 Å². The van der Waals surface area contributed by atoms with Crippen LogP contribution in [0, 0.1) is 10.1 Å². The smallest absolute Gasteiger partial charge is 0.354 e. The van der Waals surface area contributed by atoms with E-state index in [-0.39, 0.29) is 12.3 Å². The monoisotopic (exact) mass is 277 g/mol. The Balaban J connectivity index is 2.65. The SMILES string of the molecule is CCOC(=O)c1cc2cc([N+](=O)[O-])c(NC)cc2n1C. The molecule has 106 valence electrons. The van der Waals surface area contributed by atoms with Gasteiger partial charge in [-0.15, -0.1) is 0 Å². The third-order valence-electron chi connectivity index (χ3n) is 3.11. The van der Waals surface area contributed by atoms with E-state index in [0.717, 1.165) is 5.52 Å². The zero-order valence-electron chi connectivity index (χ0n) is 11.5. The van der Waals surface area contributed by atoms with Crippen LogP contribution in [-0.2, 0) is 11.8 Å². The number of carbonyl (C=O) groups excluding carboxylic acids is 1. The van der Waals surface area contributed by atoms with E-state index in [9.17, 15) is 14.9 Å². The molecule has 0 aliphatic carbocycles. The lowest BCUT2D eigenvalue weighted by molar-refractivity contribution is -0.383. The quantitative estimate of drug-likeness (QED) is 0.526. The van der Waals surface area contributed by atoms with E-state index in [2.05, 4.69) is 5.32 Å². The molecular weight excluding hydrogens is 262 g/mol. The van der Waals surface area contributed by atoms with Crippen LogP contribution in [0.2, 0.25) is 0 Å². The molecular formula is C13H15N3O4. The third-order valence-corrected chi connectivity index (χ3v) is 3.11. The van der Waals surface area contributed by atoms with Gasteiger partial charge in [-0.25, -0.2) is 4.79 Å². The molecule has 0 amide bonds. The average Bonchev–Trinajstić information content (AvgIpc) is 2.74. The number of esters is 1. The normalized spacial score (nSPS) is 10.6. The summed E-state index contributed by atoms with van der Waals surface area (Å²) in [4.78, 5) is 22.4. The molecule has 0 unspecified atom stereocenters. The molecule has 2 rings (SSSR count). The van der Waals surface area contributed by atoms with Gasteiger partial charge in [0, 0.05) is 25.5 Å². The van der Waals surface area contributed by atoms with Crippen molar-refractivity contribution in [2.75, 3.05) is 19.0 Å². The molecule has 0 radical (unpaired) electrons. The van der Waals surface area contributed by atoms with Gasteiger partial charge in [0.2, 0.25) is 0 Å². The molecule has 1 aromatic heterocycles. The number of benzene rings is 1. The Kier molecular flexibility index (Phi) is 3.60. The molecule has 0 atom stereocenters. The first-order valence-electron chi connectivity index (χ1n) is 6.12. The fourth-order valence-corrected chi connectivity index (χ4v) is 2.13. The molecule has 0 fully saturated rings. The molecule has 0 spiro atoms. The van der Waals surface area contributed by atoms with Gasteiger partial charge in [-0.3, -0.25) is 10.1 Å². The Morgan fingerprint density at radius 2 is 2.15 bits per heavy atom. The molecule has 2 aromatic rings. The summed E-state index contributed by atoms with van der Waals surface area (Å²) in [6, 6.07) is 4.69. The van der Waals surface area contributed by atoms with Crippen molar-refractivity contribution in [2.45, 2.75) is 6.92 Å². The van der Waals surface area contributed by atoms with E-state index in [4.69, 9.17) is 4.74 Å². The van der Waals surface area contributed by atoms with Crippen molar-refractivity contribution in [3.63, 3.8) is 0 Å². The van der Waals surface area contributed by atoms with Crippen molar-refractivity contribution in [3.05, 3.63) is 34.0 Å². The second kappa shape index (κ2) is 5.20. The van der Waals surface area contributed by atoms with Crippen molar-refractivity contribution in [1.82, 2.24) is 4.57 Å². The van der Waals surface area contributed by atoms with Gasteiger partial charge in [0.1, 0.15) is 11.4 Å². The zero-order chi connectivity index (χ0) is 14.9. The van der Waals surface area contributed by atoms with Crippen molar-refractivity contribution >= 4 is 28.2 Å². The summed E-state index contributed by atoms with van der Waals surface area (Å²) < 4.78 is 6.63. The molecule has 7 heteroatoms. The van der Waals surface area contributed by atoms with Crippen LogP contribution in [0.3, 0.4) is 0 Å². The number of aryl methyl sites for hydroxylation is 1. The fraction of sp³-hybridized carbons (Fsp3) is 0.308. The number of ether oxygens (including phenoxy) is 1. The predicted octanol–water partition coefficient (Wildman–Crippen LogP) is 2.30. The topological polar surface area (TPSA) is 86.4 Å². The summed E-state index contributed by atoms with van der Waals surface area (Å²) in [6.45, 7) is 2.01. The van der Waals surface area contributed by atoms with E-state index in [1.807, 2.05) is 0 Å². The van der Waals surface area contributed by atoms with Crippen LogP contribution in [0.1, 0.15) is 17.4 Å². The first kappa shape index (κ1) is 13.9. The van der Waals surface area contributed by atoms with Crippen LogP contribution < -0.4 is 5.32 Å². The minimum absolute atomic E-state index is 0.0268. The molecule has 1 N–H and O–H groups in total. The standard InChI is InChI=1S/C13H15N3O4/c1-4-20-13(17)12-6-8-5-11(16(18)19)9(14-2)7-10(8)15(12)3/h5-7,14H,4H2,1-3H3. The molecule has 0 saturated heterocycles. The van der Waals surface area contributed by atoms with Gasteiger partial charge in [-0.05, 0) is 19.1 Å². The minimum atomic E-state index is -0.456. The van der Waals surface area contributed by atoms with Crippen molar-refractivity contribution in [1.29, 1.82) is 0 Å². The number of anilines is 1. The molecule has 7 nitrogen and oxygen atoms in total. The lowest BCUT2D eigenvalue weighted by atomic mass is 10.2. The van der Waals surface area contributed by atoms with Crippen LogP contribution in [0.25, 0.3) is 10.9 Å². The predicted molar refractivity (Wildman–Crippen MR) is 75.1 cm³/mol. The largest absolute Gasteiger partial charge is 0.461 e. The number of rotatable bonds is 4.